The zero-order chi connectivity index (χ0) is 14.9. The number of benzene rings is 1. The summed E-state index contributed by atoms with van der Waals surface area (Å²) in [7, 11) is 0. The van der Waals surface area contributed by atoms with E-state index in [1.165, 1.54) is 32.1 Å². The number of hydrogen-bond acceptors (Lipinski definition) is 3. The van der Waals surface area contributed by atoms with Gasteiger partial charge in [-0.3, -0.25) is 0 Å². The average molecular weight is 291 g/mol. The van der Waals surface area contributed by atoms with Crippen LogP contribution >= 0.6 is 0 Å². The van der Waals surface area contributed by atoms with Crippen LogP contribution in [0, 0.1) is 5.92 Å². The first kappa shape index (κ1) is 16.3. The first-order chi connectivity index (χ1) is 10.3. The fourth-order valence-electron chi connectivity index (χ4n) is 3.24. The maximum absolute atomic E-state index is 10.1. The van der Waals surface area contributed by atoms with E-state index in [2.05, 4.69) is 12.2 Å². The van der Waals surface area contributed by atoms with Crippen molar-refractivity contribution in [1.82, 2.24) is 5.32 Å². The summed E-state index contributed by atoms with van der Waals surface area (Å²) in [5.74, 6) is 1.60. The van der Waals surface area contributed by atoms with Crippen molar-refractivity contribution in [2.75, 3.05) is 13.2 Å². The summed E-state index contributed by atoms with van der Waals surface area (Å²) in [6.07, 6.45) is 7.47. The lowest BCUT2D eigenvalue weighted by molar-refractivity contribution is 0.0986. The molecule has 1 fully saturated rings. The number of rotatable bonds is 8. The number of aliphatic hydroxyl groups excluding tert-OH is 1. The first-order valence-corrected chi connectivity index (χ1v) is 8.39. The maximum atomic E-state index is 10.1. The summed E-state index contributed by atoms with van der Waals surface area (Å²) in [5, 5.41) is 13.6. The van der Waals surface area contributed by atoms with Crippen LogP contribution in [0.25, 0.3) is 0 Å². The van der Waals surface area contributed by atoms with Crippen LogP contribution in [-0.4, -0.2) is 30.4 Å². The molecule has 1 aliphatic rings. The zero-order valence-electron chi connectivity index (χ0n) is 13.1. The SMILES string of the molecule is CCC(NCC(O)COc1ccccc1)C1CCCCC1. The summed E-state index contributed by atoms with van der Waals surface area (Å²) >= 11 is 0. The van der Waals surface area contributed by atoms with Crippen LogP contribution in [0.3, 0.4) is 0 Å². The van der Waals surface area contributed by atoms with Crippen molar-refractivity contribution in [3.63, 3.8) is 0 Å². The van der Waals surface area contributed by atoms with Crippen LogP contribution in [0.15, 0.2) is 30.3 Å². The van der Waals surface area contributed by atoms with Gasteiger partial charge >= 0.3 is 0 Å². The number of nitrogens with one attached hydrogen (secondary N) is 1. The summed E-state index contributed by atoms with van der Waals surface area (Å²) < 4.78 is 5.59. The predicted octanol–water partition coefficient (Wildman–Crippen LogP) is 3.37. The van der Waals surface area contributed by atoms with Gasteiger partial charge < -0.3 is 15.2 Å². The molecule has 2 rings (SSSR count). The van der Waals surface area contributed by atoms with Gasteiger partial charge in [0.25, 0.3) is 0 Å². The van der Waals surface area contributed by atoms with Gasteiger partial charge in [-0.1, -0.05) is 44.4 Å². The third-order valence-electron chi connectivity index (χ3n) is 4.46. The lowest BCUT2D eigenvalue weighted by atomic mass is 9.83. The minimum Gasteiger partial charge on any atom is -0.491 e. The Balaban J connectivity index is 1.68. The van der Waals surface area contributed by atoms with Crippen molar-refractivity contribution in [1.29, 1.82) is 0 Å². The van der Waals surface area contributed by atoms with E-state index >= 15 is 0 Å². The molecule has 0 amide bonds. The van der Waals surface area contributed by atoms with Crippen LogP contribution in [-0.2, 0) is 0 Å². The van der Waals surface area contributed by atoms with E-state index in [0.717, 1.165) is 18.1 Å². The third-order valence-corrected chi connectivity index (χ3v) is 4.46. The van der Waals surface area contributed by atoms with E-state index in [4.69, 9.17) is 4.74 Å². The maximum Gasteiger partial charge on any atom is 0.119 e. The second kappa shape index (κ2) is 9.06. The summed E-state index contributed by atoms with van der Waals surface area (Å²) in [5.41, 5.74) is 0. The van der Waals surface area contributed by atoms with Crippen molar-refractivity contribution in [3.8, 4) is 5.75 Å². The lowest BCUT2D eigenvalue weighted by Crippen LogP contribution is -2.42. The Labute approximate surface area is 128 Å². The van der Waals surface area contributed by atoms with Crippen molar-refractivity contribution in [2.24, 2.45) is 5.92 Å². The fraction of sp³-hybridized carbons (Fsp3) is 0.667. The van der Waals surface area contributed by atoms with E-state index in [-0.39, 0.29) is 0 Å². The molecule has 3 nitrogen and oxygen atoms in total. The minimum absolute atomic E-state index is 0.345. The third kappa shape index (κ3) is 5.68. The largest absolute Gasteiger partial charge is 0.491 e. The minimum atomic E-state index is -0.456. The quantitative estimate of drug-likeness (QED) is 0.771. The molecule has 1 aromatic carbocycles. The molecule has 0 bridgehead atoms. The average Bonchev–Trinajstić information content (AvgIpc) is 2.55. The fourth-order valence-corrected chi connectivity index (χ4v) is 3.24. The Morgan fingerprint density at radius 2 is 1.90 bits per heavy atom. The molecule has 1 aromatic rings. The van der Waals surface area contributed by atoms with E-state index < -0.39 is 6.10 Å². The molecule has 2 unspecified atom stereocenters. The molecule has 118 valence electrons. The van der Waals surface area contributed by atoms with Gasteiger partial charge in [-0.25, -0.2) is 0 Å². The Hall–Kier alpha value is -1.06. The summed E-state index contributed by atoms with van der Waals surface area (Å²) in [4.78, 5) is 0. The van der Waals surface area contributed by atoms with E-state index in [1.54, 1.807) is 0 Å². The number of aliphatic hydroxyl groups is 1. The van der Waals surface area contributed by atoms with Crippen molar-refractivity contribution in [3.05, 3.63) is 30.3 Å². The topological polar surface area (TPSA) is 41.5 Å². The molecule has 1 saturated carbocycles. The van der Waals surface area contributed by atoms with Crippen LogP contribution < -0.4 is 10.1 Å². The van der Waals surface area contributed by atoms with Crippen molar-refractivity contribution in [2.45, 2.75) is 57.6 Å². The van der Waals surface area contributed by atoms with Gasteiger partial charge in [0.2, 0.25) is 0 Å². The predicted molar refractivity (Wildman–Crippen MR) is 86.6 cm³/mol. The normalized spacial score (nSPS) is 19.1. The Morgan fingerprint density at radius 1 is 1.19 bits per heavy atom. The van der Waals surface area contributed by atoms with Crippen LogP contribution in [0.2, 0.25) is 0 Å². The summed E-state index contributed by atoms with van der Waals surface area (Å²) in [6.45, 7) is 3.19. The Morgan fingerprint density at radius 3 is 2.57 bits per heavy atom. The molecule has 3 heteroatoms. The zero-order valence-corrected chi connectivity index (χ0v) is 13.1. The van der Waals surface area contributed by atoms with Crippen LogP contribution in [0.4, 0.5) is 0 Å². The van der Waals surface area contributed by atoms with Gasteiger partial charge in [0.15, 0.2) is 0 Å². The standard InChI is InChI=1S/C18H29NO2/c1-2-18(15-9-5-3-6-10-15)19-13-16(20)14-21-17-11-7-4-8-12-17/h4,7-8,11-12,15-16,18-20H,2-3,5-6,9-10,13-14H2,1H3. The van der Waals surface area contributed by atoms with Crippen LogP contribution in [0.5, 0.6) is 5.75 Å². The smallest absolute Gasteiger partial charge is 0.119 e. The van der Waals surface area contributed by atoms with Crippen molar-refractivity contribution < 1.29 is 9.84 Å². The molecular formula is C18H29NO2. The number of hydrogen-bond donors (Lipinski definition) is 2. The molecule has 0 heterocycles. The molecule has 0 aromatic heterocycles. The van der Waals surface area contributed by atoms with Gasteiger partial charge in [0, 0.05) is 12.6 Å². The molecule has 2 N–H and O–H groups in total. The van der Waals surface area contributed by atoms with Crippen LogP contribution in [0.1, 0.15) is 45.4 Å². The van der Waals surface area contributed by atoms with Gasteiger partial charge in [-0.05, 0) is 37.3 Å². The second-order valence-corrected chi connectivity index (χ2v) is 6.10. The number of para-hydroxylation sites is 1. The van der Waals surface area contributed by atoms with Gasteiger partial charge in [-0.15, -0.1) is 0 Å². The number of ether oxygens (including phenoxy) is 1. The highest BCUT2D eigenvalue weighted by molar-refractivity contribution is 5.20. The molecular weight excluding hydrogens is 262 g/mol. The monoisotopic (exact) mass is 291 g/mol. The lowest BCUT2D eigenvalue weighted by Gasteiger charge is -2.31. The Kier molecular flexibility index (Phi) is 7.04. The molecule has 0 radical (unpaired) electrons. The highest BCUT2D eigenvalue weighted by Crippen LogP contribution is 2.27. The highest BCUT2D eigenvalue weighted by atomic mass is 16.5. The molecule has 0 spiro atoms. The second-order valence-electron chi connectivity index (χ2n) is 6.10. The van der Waals surface area contributed by atoms with Gasteiger partial charge in [-0.2, -0.15) is 0 Å². The first-order valence-electron chi connectivity index (χ1n) is 8.39. The van der Waals surface area contributed by atoms with E-state index in [9.17, 15) is 5.11 Å². The Bertz CT molecular complexity index is 376. The van der Waals surface area contributed by atoms with E-state index in [0.29, 0.717) is 19.2 Å². The molecule has 21 heavy (non-hydrogen) atoms. The highest BCUT2D eigenvalue weighted by Gasteiger charge is 2.22. The van der Waals surface area contributed by atoms with Crippen molar-refractivity contribution >= 4 is 0 Å². The molecule has 2 atom stereocenters. The molecule has 0 saturated heterocycles. The molecule has 0 aliphatic heterocycles. The summed E-state index contributed by atoms with van der Waals surface area (Å²) in [6, 6.07) is 10.2. The van der Waals surface area contributed by atoms with E-state index in [1.807, 2.05) is 30.3 Å². The van der Waals surface area contributed by atoms with Gasteiger partial charge in [0.1, 0.15) is 18.5 Å². The van der Waals surface area contributed by atoms with Gasteiger partial charge in [0.05, 0.1) is 0 Å². The molecule has 1 aliphatic carbocycles.